The molecule has 2 aromatic carbocycles. The third-order valence-electron chi connectivity index (χ3n) is 4.76. The van der Waals surface area contributed by atoms with Crippen molar-refractivity contribution in [2.24, 2.45) is 0 Å². The number of methoxy groups -OCH3 is 1. The van der Waals surface area contributed by atoms with Crippen LogP contribution in [0.2, 0.25) is 0 Å². The van der Waals surface area contributed by atoms with Gasteiger partial charge in [-0.25, -0.2) is 9.78 Å². The van der Waals surface area contributed by atoms with E-state index in [1.807, 2.05) is 36.4 Å². The molecule has 2 aromatic heterocycles. The van der Waals surface area contributed by atoms with Gasteiger partial charge in [0.05, 0.1) is 18.1 Å². The summed E-state index contributed by atoms with van der Waals surface area (Å²) in [5, 5.41) is 12.2. The summed E-state index contributed by atoms with van der Waals surface area (Å²) in [4.78, 5) is 37.0. The molecular formula is C23H20N4O4S. The molecule has 3 N–H and O–H groups in total. The number of aliphatic carboxylic acids is 1. The largest absolute Gasteiger partial charge is 0.497 e. The topological polar surface area (TPSA) is 117 Å². The summed E-state index contributed by atoms with van der Waals surface area (Å²) in [5.74, 6) is -0.0443. The van der Waals surface area contributed by atoms with Gasteiger partial charge in [-0.15, -0.1) is 11.8 Å². The van der Waals surface area contributed by atoms with Gasteiger partial charge >= 0.3 is 5.97 Å². The van der Waals surface area contributed by atoms with Gasteiger partial charge in [0.25, 0.3) is 5.91 Å². The maximum atomic E-state index is 12.7. The first kappa shape index (κ1) is 21.4. The Morgan fingerprint density at radius 1 is 1.16 bits per heavy atom. The van der Waals surface area contributed by atoms with E-state index in [1.165, 1.54) is 11.8 Å². The van der Waals surface area contributed by atoms with Crippen molar-refractivity contribution in [2.75, 3.05) is 12.9 Å². The average molecular weight is 449 g/mol. The second-order valence-corrected chi connectivity index (χ2v) is 8.00. The number of carbonyl (C=O) groups is 2. The SMILES string of the molecule is COc1cccc(SC[C@H](NC(=O)c2ccc3nc(-c4ccncc4)[nH]c3c2)C(=O)O)c1. The lowest BCUT2D eigenvalue weighted by molar-refractivity contribution is -0.138. The fraction of sp³-hybridized carbons (Fsp3) is 0.130. The quantitative estimate of drug-likeness (QED) is 0.353. The molecule has 0 unspecified atom stereocenters. The summed E-state index contributed by atoms with van der Waals surface area (Å²) in [7, 11) is 1.57. The molecule has 0 radical (unpaired) electrons. The van der Waals surface area contributed by atoms with Crippen LogP contribution >= 0.6 is 11.8 Å². The molecule has 32 heavy (non-hydrogen) atoms. The van der Waals surface area contributed by atoms with Crippen LogP contribution in [0.25, 0.3) is 22.4 Å². The minimum atomic E-state index is -1.10. The smallest absolute Gasteiger partial charge is 0.327 e. The van der Waals surface area contributed by atoms with Gasteiger partial charge in [0.1, 0.15) is 17.6 Å². The van der Waals surface area contributed by atoms with Crippen LogP contribution in [0.1, 0.15) is 10.4 Å². The van der Waals surface area contributed by atoms with Gasteiger partial charge in [0, 0.05) is 34.2 Å². The van der Waals surface area contributed by atoms with Crippen LogP contribution in [-0.2, 0) is 4.79 Å². The summed E-state index contributed by atoms with van der Waals surface area (Å²) < 4.78 is 5.19. The van der Waals surface area contributed by atoms with Crippen LogP contribution < -0.4 is 10.1 Å². The highest BCUT2D eigenvalue weighted by atomic mass is 32.2. The normalized spacial score (nSPS) is 11.8. The number of H-pyrrole nitrogens is 1. The summed E-state index contributed by atoms with van der Waals surface area (Å²) in [6, 6.07) is 15.0. The van der Waals surface area contributed by atoms with Gasteiger partial charge in [-0.3, -0.25) is 9.78 Å². The van der Waals surface area contributed by atoms with Crippen LogP contribution in [0, 0.1) is 0 Å². The Bertz CT molecular complexity index is 1260. The second kappa shape index (κ2) is 9.52. The van der Waals surface area contributed by atoms with E-state index in [4.69, 9.17) is 4.74 Å². The van der Waals surface area contributed by atoms with Crippen LogP contribution in [-0.4, -0.2) is 50.8 Å². The zero-order valence-corrected chi connectivity index (χ0v) is 17.9. The number of carboxylic acids is 1. The van der Waals surface area contributed by atoms with Crippen molar-refractivity contribution in [3.05, 3.63) is 72.6 Å². The number of carboxylic acid groups (broad SMARTS) is 1. The van der Waals surface area contributed by atoms with Crippen molar-refractivity contribution < 1.29 is 19.4 Å². The second-order valence-electron chi connectivity index (χ2n) is 6.91. The Kier molecular flexibility index (Phi) is 6.37. The molecule has 4 aromatic rings. The zero-order valence-electron chi connectivity index (χ0n) is 17.1. The average Bonchev–Trinajstić information content (AvgIpc) is 3.25. The van der Waals surface area contributed by atoms with Crippen molar-refractivity contribution in [2.45, 2.75) is 10.9 Å². The summed E-state index contributed by atoms with van der Waals surface area (Å²) >= 11 is 1.33. The number of rotatable bonds is 8. The first-order chi connectivity index (χ1) is 15.5. The fourth-order valence-electron chi connectivity index (χ4n) is 3.08. The van der Waals surface area contributed by atoms with Crippen LogP contribution in [0.15, 0.2) is 71.9 Å². The maximum Gasteiger partial charge on any atom is 0.327 e. The van der Waals surface area contributed by atoms with E-state index in [0.717, 1.165) is 10.5 Å². The molecule has 0 saturated carbocycles. The highest BCUT2D eigenvalue weighted by Crippen LogP contribution is 2.24. The van der Waals surface area contributed by atoms with E-state index in [-0.39, 0.29) is 5.75 Å². The number of carbonyl (C=O) groups excluding carboxylic acids is 1. The highest BCUT2D eigenvalue weighted by Gasteiger charge is 2.21. The van der Waals surface area contributed by atoms with Gasteiger partial charge in [-0.05, 0) is 48.5 Å². The molecule has 1 amide bonds. The van der Waals surface area contributed by atoms with Crippen molar-refractivity contribution >= 4 is 34.7 Å². The molecule has 0 saturated heterocycles. The van der Waals surface area contributed by atoms with E-state index in [0.29, 0.717) is 28.2 Å². The first-order valence-corrected chi connectivity index (χ1v) is 10.7. The van der Waals surface area contributed by atoms with E-state index in [2.05, 4.69) is 20.3 Å². The predicted octanol–water partition coefficient (Wildman–Crippen LogP) is 3.61. The summed E-state index contributed by atoms with van der Waals surface area (Å²) in [6.07, 6.45) is 3.36. The fourth-order valence-corrected chi connectivity index (χ4v) is 4.04. The van der Waals surface area contributed by atoms with E-state index >= 15 is 0 Å². The Morgan fingerprint density at radius 3 is 2.72 bits per heavy atom. The molecule has 2 heterocycles. The number of nitrogens with one attached hydrogen (secondary N) is 2. The third-order valence-corrected chi connectivity index (χ3v) is 5.85. The Labute approximate surface area is 188 Å². The third kappa shape index (κ3) is 4.89. The standard InChI is InChI=1S/C23H20N4O4S/c1-31-16-3-2-4-17(12-16)32-13-20(23(29)30)27-22(28)15-5-6-18-19(11-15)26-21(25-18)14-7-9-24-10-8-14/h2-12,20H,13H2,1H3,(H,25,26)(H,27,28)(H,29,30)/t20-/m0/s1. The number of nitrogens with zero attached hydrogens (tertiary/aromatic N) is 2. The number of imidazole rings is 1. The van der Waals surface area contributed by atoms with Gasteiger partial charge in [0.15, 0.2) is 0 Å². The van der Waals surface area contributed by atoms with Crippen LogP contribution in [0.5, 0.6) is 5.75 Å². The summed E-state index contributed by atoms with van der Waals surface area (Å²) in [5.41, 5.74) is 2.61. The number of fused-ring (bicyclic) bond motifs is 1. The van der Waals surface area contributed by atoms with Crippen molar-refractivity contribution in [3.8, 4) is 17.1 Å². The van der Waals surface area contributed by atoms with Crippen LogP contribution in [0.3, 0.4) is 0 Å². The molecule has 162 valence electrons. The highest BCUT2D eigenvalue weighted by molar-refractivity contribution is 7.99. The Morgan fingerprint density at radius 2 is 1.97 bits per heavy atom. The molecule has 0 aliphatic rings. The van der Waals surface area contributed by atoms with Gasteiger partial charge in [-0.2, -0.15) is 0 Å². The molecule has 4 rings (SSSR count). The van der Waals surface area contributed by atoms with Gasteiger partial charge < -0.3 is 20.1 Å². The molecule has 9 heteroatoms. The minimum Gasteiger partial charge on any atom is -0.497 e. The number of benzene rings is 2. The number of hydrogen-bond acceptors (Lipinski definition) is 6. The molecule has 0 aliphatic carbocycles. The lowest BCUT2D eigenvalue weighted by Gasteiger charge is -2.14. The predicted molar refractivity (Wildman–Crippen MR) is 122 cm³/mol. The number of amides is 1. The molecule has 0 bridgehead atoms. The van der Waals surface area contributed by atoms with Crippen molar-refractivity contribution in [1.82, 2.24) is 20.3 Å². The first-order valence-electron chi connectivity index (χ1n) is 9.74. The van der Waals surface area contributed by atoms with E-state index in [1.54, 1.807) is 37.7 Å². The molecule has 1 atom stereocenters. The Balaban J connectivity index is 1.47. The minimum absolute atomic E-state index is 0.173. The molecule has 0 spiro atoms. The van der Waals surface area contributed by atoms with Crippen LogP contribution in [0.4, 0.5) is 0 Å². The molecular weight excluding hydrogens is 428 g/mol. The Hall–Kier alpha value is -3.85. The number of aromatic nitrogens is 3. The molecule has 0 fully saturated rings. The zero-order chi connectivity index (χ0) is 22.5. The number of pyridine rings is 1. The van der Waals surface area contributed by atoms with E-state index in [9.17, 15) is 14.7 Å². The summed E-state index contributed by atoms with van der Waals surface area (Å²) in [6.45, 7) is 0. The monoisotopic (exact) mass is 448 g/mol. The van der Waals surface area contributed by atoms with Crippen molar-refractivity contribution in [3.63, 3.8) is 0 Å². The number of hydrogen-bond donors (Lipinski definition) is 3. The maximum absolute atomic E-state index is 12.7. The van der Waals surface area contributed by atoms with E-state index < -0.39 is 17.9 Å². The number of thioether (sulfide) groups is 1. The number of ether oxygens (including phenoxy) is 1. The van der Waals surface area contributed by atoms with Gasteiger partial charge in [-0.1, -0.05) is 6.07 Å². The van der Waals surface area contributed by atoms with Crippen molar-refractivity contribution in [1.29, 1.82) is 0 Å². The van der Waals surface area contributed by atoms with Gasteiger partial charge in [0.2, 0.25) is 0 Å². The molecule has 0 aliphatic heterocycles. The lowest BCUT2D eigenvalue weighted by Crippen LogP contribution is -2.42. The molecule has 8 nitrogen and oxygen atoms in total. The number of aromatic amines is 1. The lowest BCUT2D eigenvalue weighted by atomic mass is 10.2.